The van der Waals surface area contributed by atoms with Gasteiger partial charge in [0, 0.05) is 26.5 Å². The predicted octanol–water partition coefficient (Wildman–Crippen LogP) is 0.830. The minimum absolute atomic E-state index is 0.0665. The predicted molar refractivity (Wildman–Crippen MR) is 65.1 cm³/mol. The lowest BCUT2D eigenvalue weighted by molar-refractivity contribution is -0.128. The third kappa shape index (κ3) is 2.17. The molecule has 0 unspecified atom stereocenters. The molecule has 2 rings (SSSR count). The summed E-state index contributed by atoms with van der Waals surface area (Å²) in [5.74, 6) is 0.0665. The van der Waals surface area contributed by atoms with Crippen molar-refractivity contribution in [3.63, 3.8) is 0 Å². The van der Waals surface area contributed by atoms with Crippen molar-refractivity contribution in [1.82, 2.24) is 15.2 Å². The van der Waals surface area contributed by atoms with Gasteiger partial charge >= 0.3 is 0 Å². The number of likely N-dealkylation sites (tertiary alicyclic amines) is 1. The second-order valence-electron chi connectivity index (χ2n) is 4.43. The minimum atomic E-state index is -0.451. The first-order valence-corrected chi connectivity index (χ1v) is 5.81. The average molecular weight is 231 g/mol. The van der Waals surface area contributed by atoms with Crippen LogP contribution < -0.4 is 5.32 Å². The summed E-state index contributed by atoms with van der Waals surface area (Å²) in [5, 5.41) is 2.77. The van der Waals surface area contributed by atoms with Gasteiger partial charge < -0.3 is 5.32 Å². The summed E-state index contributed by atoms with van der Waals surface area (Å²) in [4.78, 5) is 18.0. The number of likely N-dealkylation sites (N-methyl/N-ethyl adjacent to an activating group) is 1. The number of aromatic nitrogens is 1. The molecule has 1 N–H and O–H groups in total. The van der Waals surface area contributed by atoms with Crippen molar-refractivity contribution in [3.8, 4) is 0 Å². The Morgan fingerprint density at radius 2 is 2.00 bits per heavy atom. The molecule has 90 valence electrons. The molecule has 2 radical (unpaired) electrons. The van der Waals surface area contributed by atoms with Crippen LogP contribution >= 0.6 is 0 Å². The quantitative estimate of drug-likeness (QED) is 0.820. The van der Waals surface area contributed by atoms with Gasteiger partial charge in [0.15, 0.2) is 0 Å². The molecule has 2 heterocycles. The molecule has 1 aromatic rings. The number of piperidine rings is 1. The molecule has 1 aliphatic rings. The Balaban J connectivity index is 2.35. The lowest BCUT2D eigenvalue weighted by atomic mass is 9.72. The lowest BCUT2D eigenvalue weighted by Crippen LogP contribution is -2.49. The van der Waals surface area contributed by atoms with Crippen LogP contribution in [0.4, 0.5) is 0 Å². The Labute approximate surface area is 102 Å². The summed E-state index contributed by atoms with van der Waals surface area (Å²) in [6.07, 6.45) is 4.95. The van der Waals surface area contributed by atoms with Crippen LogP contribution in [0.2, 0.25) is 0 Å². The molecule has 1 fully saturated rings. The fraction of sp³-hybridized carbons (Fsp3) is 0.462. The Morgan fingerprint density at radius 3 is 2.53 bits per heavy atom. The zero-order valence-electron chi connectivity index (χ0n) is 10.0. The van der Waals surface area contributed by atoms with Crippen molar-refractivity contribution in [2.75, 3.05) is 20.1 Å². The second-order valence-corrected chi connectivity index (χ2v) is 4.43. The molecule has 0 spiro atoms. The van der Waals surface area contributed by atoms with Gasteiger partial charge in [0.25, 0.3) is 0 Å². The summed E-state index contributed by atoms with van der Waals surface area (Å²) < 4.78 is 0. The van der Waals surface area contributed by atoms with E-state index >= 15 is 0 Å². The molecule has 0 saturated carbocycles. The molecule has 17 heavy (non-hydrogen) atoms. The van der Waals surface area contributed by atoms with Gasteiger partial charge in [-0.1, -0.05) is 0 Å². The van der Waals surface area contributed by atoms with E-state index < -0.39 is 5.41 Å². The van der Waals surface area contributed by atoms with E-state index in [1.807, 2.05) is 12.1 Å². The monoisotopic (exact) mass is 231 g/mol. The van der Waals surface area contributed by atoms with Gasteiger partial charge in [-0.05, 0) is 43.6 Å². The number of nitrogens with zero attached hydrogens (tertiary/aromatic N) is 2. The molecule has 0 atom stereocenters. The number of rotatable bonds is 2. The van der Waals surface area contributed by atoms with Crippen LogP contribution in [0.15, 0.2) is 24.5 Å². The number of carbonyl (C=O) groups excluding carboxylic acids is 1. The highest BCUT2D eigenvalue weighted by Crippen LogP contribution is 2.35. The number of hydrogen-bond donors (Lipinski definition) is 1. The Morgan fingerprint density at radius 1 is 1.41 bits per heavy atom. The van der Waals surface area contributed by atoms with Crippen molar-refractivity contribution in [1.29, 1.82) is 0 Å². The first kappa shape index (κ1) is 12.0. The van der Waals surface area contributed by atoms with E-state index in [4.69, 9.17) is 7.05 Å². The molecular formula is C13H17N3O. The zero-order chi connectivity index (χ0) is 12.3. The van der Waals surface area contributed by atoms with Crippen LogP contribution in [0.5, 0.6) is 0 Å². The first-order valence-electron chi connectivity index (χ1n) is 5.81. The van der Waals surface area contributed by atoms with E-state index in [0.717, 1.165) is 31.5 Å². The summed E-state index contributed by atoms with van der Waals surface area (Å²) in [7, 11) is 7.45. The third-order valence-electron chi connectivity index (χ3n) is 3.55. The maximum Gasteiger partial charge on any atom is 0.230 e. The standard InChI is InChI=1S/C13H17N3O/c1-14-12(17)13(5-9-16(2)10-6-13)11-3-7-15-8-4-11/h2-4,7-8H,5-6,9-10H2,1H3,(H,14,17). The van der Waals surface area contributed by atoms with E-state index in [-0.39, 0.29) is 5.91 Å². The van der Waals surface area contributed by atoms with Crippen molar-refractivity contribution in [2.45, 2.75) is 18.3 Å². The molecular weight excluding hydrogens is 214 g/mol. The molecule has 1 aliphatic heterocycles. The van der Waals surface area contributed by atoms with Crippen molar-refractivity contribution in [2.24, 2.45) is 0 Å². The van der Waals surface area contributed by atoms with E-state index in [9.17, 15) is 4.79 Å². The fourth-order valence-electron chi connectivity index (χ4n) is 2.46. The second kappa shape index (κ2) is 4.84. The van der Waals surface area contributed by atoms with Crippen LogP contribution in [-0.4, -0.2) is 35.9 Å². The lowest BCUT2D eigenvalue weighted by Gasteiger charge is -2.39. The van der Waals surface area contributed by atoms with Gasteiger partial charge in [-0.2, -0.15) is 0 Å². The number of carbonyl (C=O) groups is 1. The van der Waals surface area contributed by atoms with Crippen molar-refractivity contribution < 1.29 is 4.79 Å². The third-order valence-corrected chi connectivity index (χ3v) is 3.55. The van der Waals surface area contributed by atoms with Crippen LogP contribution in [0.1, 0.15) is 18.4 Å². The zero-order valence-corrected chi connectivity index (χ0v) is 10.0. The molecule has 4 nitrogen and oxygen atoms in total. The molecule has 4 heteroatoms. The summed E-state index contributed by atoms with van der Waals surface area (Å²) >= 11 is 0. The molecule has 0 aromatic carbocycles. The Kier molecular flexibility index (Phi) is 3.43. The highest BCUT2D eigenvalue weighted by atomic mass is 16.2. The van der Waals surface area contributed by atoms with Crippen LogP contribution in [0, 0.1) is 7.05 Å². The van der Waals surface area contributed by atoms with Crippen molar-refractivity contribution in [3.05, 3.63) is 37.1 Å². The van der Waals surface area contributed by atoms with E-state index in [1.165, 1.54) is 0 Å². The fourth-order valence-corrected chi connectivity index (χ4v) is 2.46. The maximum atomic E-state index is 12.2. The first-order chi connectivity index (χ1) is 8.19. The van der Waals surface area contributed by atoms with Gasteiger partial charge in [0.1, 0.15) is 0 Å². The number of amides is 1. The summed E-state index contributed by atoms with van der Waals surface area (Å²) in [6, 6.07) is 3.84. The highest BCUT2D eigenvalue weighted by molar-refractivity contribution is 5.88. The van der Waals surface area contributed by atoms with Crippen LogP contribution in [0.3, 0.4) is 0 Å². The summed E-state index contributed by atoms with van der Waals surface area (Å²) in [5.41, 5.74) is 0.577. The largest absolute Gasteiger partial charge is 0.358 e. The van der Waals surface area contributed by atoms with Gasteiger partial charge in [-0.3, -0.25) is 14.7 Å². The van der Waals surface area contributed by atoms with Crippen LogP contribution in [0.25, 0.3) is 0 Å². The normalized spacial score (nSPS) is 19.9. The molecule has 1 amide bonds. The minimum Gasteiger partial charge on any atom is -0.358 e. The van der Waals surface area contributed by atoms with E-state index in [1.54, 1.807) is 24.3 Å². The van der Waals surface area contributed by atoms with E-state index in [2.05, 4.69) is 10.3 Å². The highest BCUT2D eigenvalue weighted by Gasteiger charge is 2.41. The smallest absolute Gasteiger partial charge is 0.230 e. The summed E-state index contributed by atoms with van der Waals surface area (Å²) in [6.45, 7) is 1.46. The molecule has 1 saturated heterocycles. The SMILES string of the molecule is [CH]N1CCC(C(=O)NC)(c2ccncc2)CC1. The van der Waals surface area contributed by atoms with Gasteiger partial charge in [0.2, 0.25) is 5.91 Å². The van der Waals surface area contributed by atoms with Crippen LogP contribution in [-0.2, 0) is 10.2 Å². The number of hydrogen-bond acceptors (Lipinski definition) is 3. The van der Waals surface area contributed by atoms with Gasteiger partial charge in [-0.25, -0.2) is 0 Å². The van der Waals surface area contributed by atoms with Gasteiger partial charge in [-0.15, -0.1) is 0 Å². The Bertz CT molecular complexity index is 383. The van der Waals surface area contributed by atoms with Crippen molar-refractivity contribution >= 4 is 5.91 Å². The topological polar surface area (TPSA) is 45.2 Å². The van der Waals surface area contributed by atoms with Gasteiger partial charge in [0.05, 0.1) is 5.41 Å². The molecule has 0 aliphatic carbocycles. The Hall–Kier alpha value is -1.42. The molecule has 1 aromatic heterocycles. The maximum absolute atomic E-state index is 12.2. The number of nitrogens with one attached hydrogen (secondary N) is 1. The average Bonchev–Trinajstić information content (AvgIpc) is 2.40. The van der Waals surface area contributed by atoms with E-state index in [0.29, 0.717) is 0 Å². The number of pyridine rings is 1. The molecule has 0 bridgehead atoms.